The molecule has 0 saturated carbocycles. The normalized spacial score (nSPS) is 17.1. The van der Waals surface area contributed by atoms with Crippen LogP contribution in [0.1, 0.15) is 23.3 Å². The Balaban J connectivity index is 2.00. The molecule has 2 heterocycles. The maximum atomic E-state index is 11.9. The highest BCUT2D eigenvalue weighted by molar-refractivity contribution is 9.10. The lowest BCUT2D eigenvalue weighted by Gasteiger charge is -2.22. The van der Waals surface area contributed by atoms with Crippen molar-refractivity contribution in [2.24, 2.45) is 0 Å². The molecule has 2 rings (SSSR count). The monoisotopic (exact) mass is 300 g/mol. The van der Waals surface area contributed by atoms with Crippen molar-refractivity contribution in [1.29, 1.82) is 0 Å². The minimum atomic E-state index is -0.0793. The molecule has 0 radical (unpaired) electrons. The van der Waals surface area contributed by atoms with Gasteiger partial charge in [-0.15, -0.1) is 0 Å². The number of thioether (sulfide) groups is 1. The summed E-state index contributed by atoms with van der Waals surface area (Å²) in [5, 5.41) is 3.03. The molecule has 1 aliphatic rings. The predicted octanol–water partition coefficient (Wildman–Crippen LogP) is 2.47. The number of amides is 1. The van der Waals surface area contributed by atoms with E-state index < -0.39 is 0 Å². The molecule has 1 fully saturated rings. The van der Waals surface area contributed by atoms with Crippen molar-refractivity contribution >= 4 is 33.6 Å². The van der Waals surface area contributed by atoms with E-state index in [0.717, 1.165) is 28.8 Å². The molecular weight excluding hydrogens is 288 g/mol. The molecule has 1 saturated heterocycles. The fourth-order valence-corrected chi connectivity index (χ4v) is 3.19. The number of nitrogens with one attached hydrogen (secondary N) is 1. The van der Waals surface area contributed by atoms with E-state index in [1.807, 2.05) is 17.8 Å². The quantitative estimate of drug-likeness (QED) is 0.912. The van der Waals surface area contributed by atoms with E-state index in [4.69, 9.17) is 0 Å². The van der Waals surface area contributed by atoms with Gasteiger partial charge < -0.3 is 5.32 Å². The Labute approximate surface area is 108 Å². The van der Waals surface area contributed by atoms with Crippen molar-refractivity contribution in [1.82, 2.24) is 10.3 Å². The highest BCUT2D eigenvalue weighted by atomic mass is 79.9. The van der Waals surface area contributed by atoms with Crippen molar-refractivity contribution in [2.45, 2.75) is 18.9 Å². The molecule has 0 spiro atoms. The zero-order valence-electron chi connectivity index (χ0n) is 8.78. The van der Waals surface area contributed by atoms with Crippen LogP contribution in [-0.4, -0.2) is 28.4 Å². The lowest BCUT2D eigenvalue weighted by molar-refractivity contribution is 0.0929. The molecule has 16 heavy (non-hydrogen) atoms. The first-order valence-electron chi connectivity index (χ1n) is 5.26. The molecule has 0 bridgehead atoms. The maximum absolute atomic E-state index is 11.9. The van der Waals surface area contributed by atoms with Crippen molar-refractivity contribution in [3.8, 4) is 0 Å². The average Bonchev–Trinajstić information content (AvgIpc) is 2.31. The van der Waals surface area contributed by atoms with E-state index in [-0.39, 0.29) is 5.91 Å². The first-order valence-corrected chi connectivity index (χ1v) is 7.21. The van der Waals surface area contributed by atoms with Gasteiger partial charge in [0, 0.05) is 16.7 Å². The summed E-state index contributed by atoms with van der Waals surface area (Å²) >= 11 is 5.28. The summed E-state index contributed by atoms with van der Waals surface area (Å²) in [7, 11) is 0. The zero-order chi connectivity index (χ0) is 11.4. The largest absolute Gasteiger partial charge is 0.348 e. The van der Waals surface area contributed by atoms with Crippen LogP contribution < -0.4 is 5.32 Å². The third kappa shape index (κ3) is 2.98. The molecule has 0 atom stereocenters. The lowest BCUT2D eigenvalue weighted by Crippen LogP contribution is -2.37. The second kappa shape index (κ2) is 5.68. The van der Waals surface area contributed by atoms with Gasteiger partial charge in [0.25, 0.3) is 5.91 Å². The minimum absolute atomic E-state index is 0.0793. The average molecular weight is 301 g/mol. The fourth-order valence-electron chi connectivity index (χ4n) is 1.65. The van der Waals surface area contributed by atoms with Gasteiger partial charge in [0.05, 0.1) is 0 Å². The third-order valence-corrected chi connectivity index (χ3v) is 4.22. The highest BCUT2D eigenvalue weighted by Crippen LogP contribution is 2.18. The van der Waals surface area contributed by atoms with E-state index in [2.05, 4.69) is 26.2 Å². The van der Waals surface area contributed by atoms with Gasteiger partial charge in [-0.05, 0) is 52.4 Å². The maximum Gasteiger partial charge on any atom is 0.271 e. The number of carbonyl (C=O) groups is 1. The molecule has 0 aliphatic carbocycles. The van der Waals surface area contributed by atoms with Gasteiger partial charge in [-0.25, -0.2) is 4.98 Å². The summed E-state index contributed by atoms with van der Waals surface area (Å²) < 4.78 is 0.748. The fraction of sp³-hybridized carbons (Fsp3) is 0.455. The van der Waals surface area contributed by atoms with Gasteiger partial charge in [0.15, 0.2) is 0 Å². The molecule has 0 unspecified atom stereocenters. The van der Waals surface area contributed by atoms with Gasteiger partial charge in [0.1, 0.15) is 5.69 Å². The Kier molecular flexibility index (Phi) is 4.23. The van der Waals surface area contributed by atoms with Crippen LogP contribution in [-0.2, 0) is 0 Å². The van der Waals surface area contributed by atoms with Gasteiger partial charge >= 0.3 is 0 Å². The number of carbonyl (C=O) groups excluding carboxylic acids is 1. The summed E-state index contributed by atoms with van der Waals surface area (Å²) in [4.78, 5) is 16.0. The highest BCUT2D eigenvalue weighted by Gasteiger charge is 2.18. The first kappa shape index (κ1) is 11.9. The Bertz CT molecular complexity index is 380. The Hall–Kier alpha value is -0.550. The SMILES string of the molecule is O=C(NC1CCSCC1)c1ncccc1Br. The number of pyridine rings is 1. The van der Waals surface area contributed by atoms with E-state index in [9.17, 15) is 4.79 Å². The summed E-state index contributed by atoms with van der Waals surface area (Å²) in [6.45, 7) is 0. The van der Waals surface area contributed by atoms with E-state index in [1.54, 1.807) is 12.3 Å². The van der Waals surface area contributed by atoms with Crippen LogP contribution in [0.15, 0.2) is 22.8 Å². The molecule has 1 aromatic heterocycles. The number of nitrogens with zero attached hydrogens (tertiary/aromatic N) is 1. The van der Waals surface area contributed by atoms with E-state index in [1.165, 1.54) is 0 Å². The standard InChI is InChI=1S/C11H13BrN2OS/c12-9-2-1-5-13-10(9)11(15)14-8-3-6-16-7-4-8/h1-2,5,8H,3-4,6-7H2,(H,14,15). The molecular formula is C11H13BrN2OS. The number of halogens is 1. The Morgan fingerprint density at radius 3 is 2.94 bits per heavy atom. The van der Waals surface area contributed by atoms with Gasteiger partial charge in [0.2, 0.25) is 0 Å². The van der Waals surface area contributed by atoms with Crippen molar-refractivity contribution in [3.05, 3.63) is 28.5 Å². The first-order chi connectivity index (χ1) is 7.77. The number of hydrogen-bond acceptors (Lipinski definition) is 3. The van der Waals surface area contributed by atoms with Crippen LogP contribution >= 0.6 is 27.7 Å². The minimum Gasteiger partial charge on any atom is -0.348 e. The lowest BCUT2D eigenvalue weighted by atomic mass is 10.1. The Morgan fingerprint density at radius 1 is 1.50 bits per heavy atom. The van der Waals surface area contributed by atoms with E-state index in [0.29, 0.717) is 11.7 Å². The van der Waals surface area contributed by atoms with Gasteiger partial charge in [-0.1, -0.05) is 0 Å². The van der Waals surface area contributed by atoms with Crippen LogP contribution in [0.5, 0.6) is 0 Å². The van der Waals surface area contributed by atoms with Gasteiger partial charge in [-0.3, -0.25) is 4.79 Å². The summed E-state index contributed by atoms with van der Waals surface area (Å²) in [5.74, 6) is 2.19. The van der Waals surface area contributed by atoms with Crippen LogP contribution in [0.4, 0.5) is 0 Å². The second-order valence-corrected chi connectivity index (χ2v) is 5.77. The van der Waals surface area contributed by atoms with E-state index >= 15 is 0 Å². The molecule has 1 aromatic rings. The number of rotatable bonds is 2. The van der Waals surface area contributed by atoms with Crippen LogP contribution in [0.3, 0.4) is 0 Å². The van der Waals surface area contributed by atoms with Gasteiger partial charge in [-0.2, -0.15) is 11.8 Å². The zero-order valence-corrected chi connectivity index (χ0v) is 11.2. The summed E-state index contributed by atoms with van der Waals surface area (Å²) in [6, 6.07) is 3.94. The van der Waals surface area contributed by atoms with Crippen molar-refractivity contribution in [3.63, 3.8) is 0 Å². The van der Waals surface area contributed by atoms with Crippen LogP contribution in [0.2, 0.25) is 0 Å². The third-order valence-electron chi connectivity index (χ3n) is 2.53. The molecule has 86 valence electrons. The smallest absolute Gasteiger partial charge is 0.271 e. The molecule has 5 heteroatoms. The summed E-state index contributed by atoms with van der Waals surface area (Å²) in [5.41, 5.74) is 0.473. The Morgan fingerprint density at radius 2 is 2.25 bits per heavy atom. The van der Waals surface area contributed by atoms with Crippen LogP contribution in [0.25, 0.3) is 0 Å². The molecule has 1 aliphatic heterocycles. The predicted molar refractivity (Wildman–Crippen MR) is 69.8 cm³/mol. The molecule has 3 nitrogen and oxygen atoms in total. The van der Waals surface area contributed by atoms with Crippen molar-refractivity contribution in [2.75, 3.05) is 11.5 Å². The van der Waals surface area contributed by atoms with Crippen molar-refractivity contribution < 1.29 is 4.79 Å². The molecule has 1 N–H and O–H groups in total. The summed E-state index contributed by atoms with van der Waals surface area (Å²) in [6.07, 6.45) is 3.75. The number of hydrogen-bond donors (Lipinski definition) is 1. The topological polar surface area (TPSA) is 42.0 Å². The molecule has 1 amide bonds. The second-order valence-electron chi connectivity index (χ2n) is 3.69. The number of aromatic nitrogens is 1. The molecule has 0 aromatic carbocycles. The van der Waals surface area contributed by atoms with Crippen LogP contribution in [0, 0.1) is 0 Å².